The van der Waals surface area contributed by atoms with Crippen molar-refractivity contribution >= 4 is 17.6 Å². The van der Waals surface area contributed by atoms with E-state index in [1.165, 1.54) is 30.5 Å². The minimum absolute atomic E-state index is 0.302. The molecule has 132 valence electrons. The first-order valence-corrected chi connectivity index (χ1v) is 9.34. The van der Waals surface area contributed by atoms with Gasteiger partial charge in [0, 0.05) is 16.4 Å². The fraction of sp³-hybridized carbons (Fsp3) is 0.227. The lowest BCUT2D eigenvalue weighted by Crippen LogP contribution is -2.04. The molecule has 4 heteroatoms. The Morgan fingerprint density at radius 2 is 1.73 bits per heavy atom. The summed E-state index contributed by atoms with van der Waals surface area (Å²) in [4.78, 5) is 11.2. The Morgan fingerprint density at radius 3 is 2.46 bits per heavy atom. The highest BCUT2D eigenvalue weighted by Crippen LogP contribution is 2.34. The lowest BCUT2D eigenvalue weighted by atomic mass is 10.1. The quantitative estimate of drug-likeness (QED) is 0.599. The Kier molecular flexibility index (Phi) is 4.56. The van der Waals surface area contributed by atoms with E-state index in [1.807, 2.05) is 30.3 Å². The number of hydrogen-bond acceptors (Lipinski definition) is 1. The van der Waals surface area contributed by atoms with Crippen molar-refractivity contribution in [3.63, 3.8) is 0 Å². The second-order valence-electron chi connectivity index (χ2n) is 6.76. The number of carboxylic acids is 1. The van der Waals surface area contributed by atoms with Crippen LogP contribution in [0.3, 0.4) is 0 Å². The van der Waals surface area contributed by atoms with Crippen molar-refractivity contribution in [2.24, 2.45) is 0 Å². The van der Waals surface area contributed by atoms with E-state index < -0.39 is 5.97 Å². The first-order chi connectivity index (χ1) is 12.6. The molecule has 2 aromatic carbocycles. The largest absolute Gasteiger partial charge is 0.478 e. The van der Waals surface area contributed by atoms with Crippen LogP contribution in [0.5, 0.6) is 0 Å². The number of carbonyl (C=O) groups is 1. The van der Waals surface area contributed by atoms with Crippen molar-refractivity contribution in [2.75, 3.05) is 0 Å². The molecule has 0 saturated heterocycles. The molecule has 0 spiro atoms. The average molecular weight is 366 g/mol. The van der Waals surface area contributed by atoms with Gasteiger partial charge in [-0.1, -0.05) is 30.2 Å². The molecule has 26 heavy (non-hydrogen) atoms. The maximum absolute atomic E-state index is 11.2. The van der Waals surface area contributed by atoms with Crippen molar-refractivity contribution in [3.05, 3.63) is 76.4 Å². The van der Waals surface area contributed by atoms with Crippen LogP contribution in [0.15, 0.2) is 54.6 Å². The molecule has 0 saturated carbocycles. The first kappa shape index (κ1) is 16.9. The number of aromatic carboxylic acids is 1. The van der Waals surface area contributed by atoms with Gasteiger partial charge in [0.25, 0.3) is 0 Å². The highest BCUT2D eigenvalue weighted by Gasteiger charge is 2.19. The smallest absolute Gasteiger partial charge is 0.335 e. The maximum atomic E-state index is 11.2. The summed E-state index contributed by atoms with van der Waals surface area (Å²) in [5, 5.41) is 9.89. The van der Waals surface area contributed by atoms with E-state index in [1.54, 1.807) is 12.1 Å². The van der Waals surface area contributed by atoms with Gasteiger partial charge in [-0.15, -0.1) is 0 Å². The molecule has 0 aliphatic heterocycles. The second kappa shape index (κ2) is 7.00. The summed E-state index contributed by atoms with van der Waals surface area (Å²) in [5.74, 6) is -0.905. The van der Waals surface area contributed by atoms with E-state index >= 15 is 0 Å². The Balaban J connectivity index is 1.90. The van der Waals surface area contributed by atoms with E-state index in [-0.39, 0.29) is 0 Å². The van der Waals surface area contributed by atoms with Gasteiger partial charge in [-0.2, -0.15) is 0 Å². The number of benzene rings is 2. The van der Waals surface area contributed by atoms with Gasteiger partial charge in [0.1, 0.15) is 0 Å². The molecule has 1 heterocycles. The molecule has 0 fully saturated rings. The minimum atomic E-state index is -0.905. The molecular formula is C22H20ClNO2. The number of carboxylic acid groups (broad SMARTS) is 1. The number of hydrogen-bond donors (Lipinski definition) is 1. The third-order valence-corrected chi connectivity index (χ3v) is 5.28. The van der Waals surface area contributed by atoms with Crippen molar-refractivity contribution in [1.29, 1.82) is 0 Å². The van der Waals surface area contributed by atoms with Crippen LogP contribution in [0.1, 0.15) is 40.9 Å². The highest BCUT2D eigenvalue weighted by atomic mass is 35.5. The van der Waals surface area contributed by atoms with Gasteiger partial charge in [0.05, 0.1) is 11.3 Å². The highest BCUT2D eigenvalue weighted by molar-refractivity contribution is 6.30. The Bertz CT molecular complexity index is 957. The van der Waals surface area contributed by atoms with Gasteiger partial charge in [0.2, 0.25) is 0 Å². The predicted molar refractivity (Wildman–Crippen MR) is 104 cm³/mol. The van der Waals surface area contributed by atoms with Crippen LogP contribution in [0, 0.1) is 0 Å². The molecule has 0 amide bonds. The number of rotatable bonds is 3. The molecule has 1 aromatic heterocycles. The van der Waals surface area contributed by atoms with E-state index in [9.17, 15) is 9.90 Å². The number of aryl methyl sites for hydroxylation is 1. The number of nitrogens with zero attached hydrogens (tertiary/aromatic N) is 1. The number of aromatic nitrogens is 1. The van der Waals surface area contributed by atoms with Crippen LogP contribution < -0.4 is 0 Å². The third-order valence-electron chi connectivity index (χ3n) is 5.04. The Hall–Kier alpha value is -2.52. The van der Waals surface area contributed by atoms with Crippen molar-refractivity contribution in [3.8, 4) is 16.9 Å². The molecule has 0 atom stereocenters. The van der Waals surface area contributed by atoms with E-state index in [0.717, 1.165) is 29.8 Å². The third kappa shape index (κ3) is 3.15. The minimum Gasteiger partial charge on any atom is -0.478 e. The Morgan fingerprint density at radius 1 is 0.962 bits per heavy atom. The lowest BCUT2D eigenvalue weighted by molar-refractivity contribution is 0.0697. The standard InChI is InChI=1S/C22H20ClNO2/c23-18-7-4-6-16(13-18)21-14-17-5-2-1-3-8-20(17)24(21)19-11-9-15(10-12-19)22(25)26/h4,6-7,9-14H,1-3,5,8H2,(H,25,26). The fourth-order valence-corrected chi connectivity index (χ4v) is 3.97. The summed E-state index contributed by atoms with van der Waals surface area (Å²) >= 11 is 6.23. The molecule has 1 aliphatic carbocycles. The van der Waals surface area contributed by atoms with Crippen LogP contribution in [0.2, 0.25) is 5.02 Å². The van der Waals surface area contributed by atoms with Crippen LogP contribution in [-0.2, 0) is 12.8 Å². The summed E-state index contributed by atoms with van der Waals surface area (Å²) in [6.45, 7) is 0. The van der Waals surface area contributed by atoms with Gasteiger partial charge in [-0.25, -0.2) is 4.79 Å². The number of halogens is 1. The summed E-state index contributed by atoms with van der Waals surface area (Å²) in [5.41, 5.74) is 6.21. The monoisotopic (exact) mass is 365 g/mol. The zero-order valence-electron chi connectivity index (χ0n) is 14.4. The average Bonchev–Trinajstić information content (AvgIpc) is 2.84. The van der Waals surface area contributed by atoms with E-state index in [4.69, 9.17) is 11.6 Å². The normalized spacial score (nSPS) is 13.9. The lowest BCUT2D eigenvalue weighted by Gasteiger charge is -2.15. The van der Waals surface area contributed by atoms with Gasteiger partial charge in [0.15, 0.2) is 0 Å². The van der Waals surface area contributed by atoms with Gasteiger partial charge < -0.3 is 9.67 Å². The summed E-state index contributed by atoms with van der Waals surface area (Å²) in [6.07, 6.45) is 5.77. The van der Waals surface area contributed by atoms with E-state index in [2.05, 4.69) is 16.7 Å². The van der Waals surface area contributed by atoms with Gasteiger partial charge in [-0.3, -0.25) is 0 Å². The molecule has 0 radical (unpaired) electrons. The zero-order chi connectivity index (χ0) is 18.1. The molecule has 3 nitrogen and oxygen atoms in total. The Labute approximate surface area is 157 Å². The number of fused-ring (bicyclic) bond motifs is 1. The SMILES string of the molecule is O=C(O)c1ccc(-n2c(-c3cccc(Cl)c3)cc3c2CCCCC3)cc1. The fourth-order valence-electron chi connectivity index (χ4n) is 3.78. The zero-order valence-corrected chi connectivity index (χ0v) is 15.2. The maximum Gasteiger partial charge on any atom is 0.335 e. The van der Waals surface area contributed by atoms with Crippen LogP contribution in [-0.4, -0.2) is 15.6 Å². The second-order valence-corrected chi connectivity index (χ2v) is 7.20. The summed E-state index contributed by atoms with van der Waals surface area (Å²) in [6, 6.07) is 17.3. The van der Waals surface area contributed by atoms with Crippen molar-refractivity contribution in [2.45, 2.75) is 32.1 Å². The van der Waals surface area contributed by atoms with Gasteiger partial charge in [-0.05, 0) is 79.3 Å². The van der Waals surface area contributed by atoms with Crippen LogP contribution >= 0.6 is 11.6 Å². The summed E-state index contributed by atoms with van der Waals surface area (Å²) < 4.78 is 2.28. The van der Waals surface area contributed by atoms with Gasteiger partial charge >= 0.3 is 5.97 Å². The van der Waals surface area contributed by atoms with Crippen molar-refractivity contribution in [1.82, 2.24) is 4.57 Å². The molecule has 4 rings (SSSR count). The summed E-state index contributed by atoms with van der Waals surface area (Å²) in [7, 11) is 0. The van der Waals surface area contributed by atoms with Crippen LogP contribution in [0.4, 0.5) is 0 Å². The first-order valence-electron chi connectivity index (χ1n) is 8.96. The van der Waals surface area contributed by atoms with Crippen LogP contribution in [0.25, 0.3) is 16.9 Å². The molecule has 0 bridgehead atoms. The molecule has 3 aromatic rings. The molecule has 1 N–H and O–H groups in total. The van der Waals surface area contributed by atoms with E-state index in [0.29, 0.717) is 10.6 Å². The molecule has 0 unspecified atom stereocenters. The molecule has 1 aliphatic rings. The predicted octanol–water partition coefficient (Wildman–Crippen LogP) is 5.76. The van der Waals surface area contributed by atoms with Crippen molar-refractivity contribution < 1.29 is 9.90 Å². The molecular weight excluding hydrogens is 346 g/mol. The topological polar surface area (TPSA) is 42.2 Å².